The van der Waals surface area contributed by atoms with Crippen LogP contribution in [0.3, 0.4) is 0 Å². The molecule has 2 N–H and O–H groups in total. The molecule has 0 amide bonds. The average molecular weight is 250 g/mol. The van der Waals surface area contributed by atoms with Gasteiger partial charge in [-0.3, -0.25) is 4.90 Å². The fourth-order valence-electron chi connectivity index (χ4n) is 1.89. The molecule has 0 aromatic heterocycles. The van der Waals surface area contributed by atoms with Crippen molar-refractivity contribution in [2.45, 2.75) is 33.2 Å². The van der Waals surface area contributed by atoms with Gasteiger partial charge in [0, 0.05) is 13.1 Å². The first-order valence-electron chi connectivity index (χ1n) is 6.24. The van der Waals surface area contributed by atoms with Gasteiger partial charge in [0.15, 0.2) is 0 Å². The van der Waals surface area contributed by atoms with Crippen molar-refractivity contribution in [1.29, 1.82) is 0 Å². The molecular weight excluding hydrogens is 228 g/mol. The van der Waals surface area contributed by atoms with Gasteiger partial charge in [0.05, 0.1) is 4.99 Å². The van der Waals surface area contributed by atoms with Gasteiger partial charge in [-0.15, -0.1) is 0 Å². The first-order chi connectivity index (χ1) is 8.15. The predicted molar refractivity (Wildman–Crippen MR) is 78.2 cm³/mol. The quantitative estimate of drug-likeness (QED) is 0.755. The summed E-state index contributed by atoms with van der Waals surface area (Å²) in [5.41, 5.74) is 8.32. The standard InChI is InChI=1S/C14H22N2S/c1-3-9-16(11-14(15)17)10-13-7-5-12(4-2)6-8-13/h5-8H,3-4,9-11H2,1-2H3,(H2,15,17). The Morgan fingerprint density at radius 1 is 1.18 bits per heavy atom. The summed E-state index contributed by atoms with van der Waals surface area (Å²) in [7, 11) is 0. The number of rotatable bonds is 7. The second-order valence-corrected chi connectivity index (χ2v) is 4.87. The molecule has 0 saturated carbocycles. The third-order valence-electron chi connectivity index (χ3n) is 2.76. The minimum atomic E-state index is 0.573. The average Bonchev–Trinajstić information content (AvgIpc) is 2.29. The van der Waals surface area contributed by atoms with Crippen molar-refractivity contribution in [2.75, 3.05) is 13.1 Å². The number of aryl methyl sites for hydroxylation is 1. The van der Waals surface area contributed by atoms with E-state index in [2.05, 4.69) is 43.0 Å². The molecule has 0 aliphatic rings. The van der Waals surface area contributed by atoms with Crippen molar-refractivity contribution in [1.82, 2.24) is 4.90 Å². The number of hydrogen-bond donors (Lipinski definition) is 1. The monoisotopic (exact) mass is 250 g/mol. The van der Waals surface area contributed by atoms with E-state index in [1.54, 1.807) is 0 Å². The Balaban J connectivity index is 2.61. The van der Waals surface area contributed by atoms with E-state index in [-0.39, 0.29) is 0 Å². The Hall–Kier alpha value is -0.930. The third kappa shape index (κ3) is 5.29. The lowest BCUT2D eigenvalue weighted by Gasteiger charge is -2.21. The number of nitrogens with two attached hydrogens (primary N) is 1. The van der Waals surface area contributed by atoms with E-state index in [0.29, 0.717) is 11.5 Å². The Labute approximate surface area is 110 Å². The molecule has 3 heteroatoms. The smallest absolute Gasteiger partial charge is 0.0870 e. The maximum atomic E-state index is 5.61. The van der Waals surface area contributed by atoms with Crippen molar-refractivity contribution in [3.8, 4) is 0 Å². The minimum Gasteiger partial charge on any atom is -0.392 e. The molecule has 94 valence electrons. The van der Waals surface area contributed by atoms with Gasteiger partial charge in [-0.2, -0.15) is 0 Å². The van der Waals surface area contributed by atoms with Crippen LogP contribution in [0.2, 0.25) is 0 Å². The Morgan fingerprint density at radius 2 is 1.76 bits per heavy atom. The lowest BCUT2D eigenvalue weighted by Crippen LogP contribution is -2.32. The highest BCUT2D eigenvalue weighted by atomic mass is 32.1. The number of nitrogens with zero attached hydrogens (tertiary/aromatic N) is 1. The summed E-state index contributed by atoms with van der Waals surface area (Å²) in [5, 5.41) is 0. The second kappa shape index (κ2) is 7.41. The summed E-state index contributed by atoms with van der Waals surface area (Å²) in [6.45, 7) is 7.01. The lowest BCUT2D eigenvalue weighted by atomic mass is 10.1. The van der Waals surface area contributed by atoms with E-state index in [4.69, 9.17) is 18.0 Å². The van der Waals surface area contributed by atoms with Crippen LogP contribution < -0.4 is 5.73 Å². The fraction of sp³-hybridized carbons (Fsp3) is 0.500. The molecule has 1 rings (SSSR count). The van der Waals surface area contributed by atoms with Crippen LogP contribution in [0, 0.1) is 0 Å². The van der Waals surface area contributed by atoms with E-state index in [1.165, 1.54) is 11.1 Å². The van der Waals surface area contributed by atoms with E-state index in [1.807, 2.05) is 0 Å². The molecule has 0 aliphatic carbocycles. The summed E-state index contributed by atoms with van der Waals surface area (Å²) in [6.07, 6.45) is 2.21. The molecular formula is C14H22N2S. The molecule has 0 atom stereocenters. The van der Waals surface area contributed by atoms with Crippen LogP contribution in [0.15, 0.2) is 24.3 Å². The zero-order valence-corrected chi connectivity index (χ0v) is 11.6. The summed E-state index contributed by atoms with van der Waals surface area (Å²) in [5.74, 6) is 0. The van der Waals surface area contributed by atoms with Gasteiger partial charge in [0.1, 0.15) is 0 Å². The van der Waals surface area contributed by atoms with Crippen molar-refractivity contribution < 1.29 is 0 Å². The van der Waals surface area contributed by atoms with Gasteiger partial charge in [-0.05, 0) is 30.5 Å². The van der Waals surface area contributed by atoms with E-state index < -0.39 is 0 Å². The molecule has 0 radical (unpaired) electrons. The molecule has 2 nitrogen and oxygen atoms in total. The molecule has 0 aliphatic heterocycles. The fourth-order valence-corrected chi connectivity index (χ4v) is 2.07. The highest BCUT2D eigenvalue weighted by molar-refractivity contribution is 7.80. The van der Waals surface area contributed by atoms with E-state index in [9.17, 15) is 0 Å². The van der Waals surface area contributed by atoms with Gasteiger partial charge in [0.2, 0.25) is 0 Å². The van der Waals surface area contributed by atoms with Gasteiger partial charge in [-0.25, -0.2) is 0 Å². The maximum Gasteiger partial charge on any atom is 0.0870 e. The first-order valence-corrected chi connectivity index (χ1v) is 6.65. The minimum absolute atomic E-state index is 0.573. The molecule has 0 heterocycles. The van der Waals surface area contributed by atoms with Crippen LogP contribution in [0.25, 0.3) is 0 Å². The third-order valence-corrected chi connectivity index (χ3v) is 2.89. The summed E-state index contributed by atoms with van der Waals surface area (Å²) < 4.78 is 0. The Morgan fingerprint density at radius 3 is 2.24 bits per heavy atom. The second-order valence-electron chi connectivity index (χ2n) is 4.35. The van der Waals surface area contributed by atoms with Crippen molar-refractivity contribution in [2.24, 2.45) is 5.73 Å². The molecule has 0 unspecified atom stereocenters. The molecule has 17 heavy (non-hydrogen) atoms. The van der Waals surface area contributed by atoms with E-state index >= 15 is 0 Å². The summed E-state index contributed by atoms with van der Waals surface area (Å²) in [6, 6.07) is 8.78. The number of hydrogen-bond acceptors (Lipinski definition) is 2. The zero-order chi connectivity index (χ0) is 12.7. The topological polar surface area (TPSA) is 29.3 Å². The summed E-state index contributed by atoms with van der Waals surface area (Å²) >= 11 is 4.98. The van der Waals surface area contributed by atoms with Crippen LogP contribution >= 0.6 is 12.2 Å². The molecule has 1 aromatic carbocycles. The molecule has 0 saturated heterocycles. The highest BCUT2D eigenvalue weighted by Crippen LogP contribution is 2.08. The molecule has 0 bridgehead atoms. The maximum absolute atomic E-state index is 5.61. The Kier molecular flexibility index (Phi) is 6.16. The summed E-state index contributed by atoms with van der Waals surface area (Å²) in [4.78, 5) is 2.87. The number of thiocarbonyl (C=S) groups is 1. The van der Waals surface area contributed by atoms with E-state index in [0.717, 1.165) is 25.9 Å². The van der Waals surface area contributed by atoms with Crippen molar-refractivity contribution in [3.05, 3.63) is 35.4 Å². The van der Waals surface area contributed by atoms with Gasteiger partial charge < -0.3 is 5.73 Å². The van der Waals surface area contributed by atoms with Crippen molar-refractivity contribution in [3.63, 3.8) is 0 Å². The van der Waals surface area contributed by atoms with Gasteiger partial charge in [0.25, 0.3) is 0 Å². The normalized spacial score (nSPS) is 10.8. The van der Waals surface area contributed by atoms with Crippen LogP contribution in [-0.2, 0) is 13.0 Å². The van der Waals surface area contributed by atoms with Crippen LogP contribution in [-0.4, -0.2) is 23.0 Å². The Bertz CT molecular complexity index is 346. The first kappa shape index (κ1) is 14.1. The van der Waals surface area contributed by atoms with Crippen LogP contribution in [0.4, 0.5) is 0 Å². The predicted octanol–water partition coefficient (Wildman–Crippen LogP) is 2.75. The molecule has 0 fully saturated rings. The lowest BCUT2D eigenvalue weighted by molar-refractivity contribution is 0.304. The highest BCUT2D eigenvalue weighted by Gasteiger charge is 2.06. The zero-order valence-electron chi connectivity index (χ0n) is 10.8. The molecule has 0 spiro atoms. The number of benzene rings is 1. The van der Waals surface area contributed by atoms with Crippen LogP contribution in [0.1, 0.15) is 31.4 Å². The largest absolute Gasteiger partial charge is 0.392 e. The molecule has 1 aromatic rings. The van der Waals surface area contributed by atoms with Crippen molar-refractivity contribution >= 4 is 17.2 Å². The van der Waals surface area contributed by atoms with Gasteiger partial charge >= 0.3 is 0 Å². The van der Waals surface area contributed by atoms with Crippen LogP contribution in [0.5, 0.6) is 0 Å². The van der Waals surface area contributed by atoms with Gasteiger partial charge in [-0.1, -0.05) is 50.3 Å². The SMILES string of the molecule is CCCN(CC(N)=S)Cc1ccc(CC)cc1.